The summed E-state index contributed by atoms with van der Waals surface area (Å²) in [5.74, 6) is -0.526. The predicted molar refractivity (Wildman–Crippen MR) is 139 cm³/mol. The molecule has 196 valence electrons. The molecule has 0 spiro atoms. The third-order valence-electron chi connectivity index (χ3n) is 4.60. The van der Waals surface area contributed by atoms with Gasteiger partial charge in [0.15, 0.2) is 0 Å². The highest BCUT2D eigenvalue weighted by Gasteiger charge is 2.53. The Morgan fingerprint density at radius 3 is 2.20 bits per heavy atom. The average Bonchev–Trinajstić information content (AvgIpc) is 2.76. The van der Waals surface area contributed by atoms with Crippen molar-refractivity contribution < 1.29 is 31.9 Å². The van der Waals surface area contributed by atoms with Crippen LogP contribution >= 0.6 is 31.6 Å². The van der Waals surface area contributed by atoms with Crippen LogP contribution < -0.4 is 0 Å². The zero-order valence-corrected chi connectivity index (χ0v) is 23.3. The first-order chi connectivity index (χ1) is 16.2. The number of benzene rings is 1. The number of unbranched alkanes of at least 4 members (excludes halogenated alkanes) is 1. The molecule has 35 heavy (non-hydrogen) atoms. The van der Waals surface area contributed by atoms with Crippen LogP contribution in [0.2, 0.25) is 0 Å². The third kappa shape index (κ3) is 11.1. The van der Waals surface area contributed by atoms with Gasteiger partial charge < -0.3 is 13.8 Å². The Hall–Kier alpha value is -1.37. The highest BCUT2D eigenvalue weighted by atomic mass is 32.2. The number of nitriles is 1. The van der Waals surface area contributed by atoms with Gasteiger partial charge >= 0.3 is 19.2 Å². The first-order valence-corrected chi connectivity index (χ1v) is 14.2. The van der Waals surface area contributed by atoms with E-state index in [4.69, 9.17) is 26.0 Å². The Labute approximate surface area is 216 Å². The molecular formula is C24H34F2NO5PS2. The smallest absolute Gasteiger partial charge is 0.400 e. The van der Waals surface area contributed by atoms with Crippen LogP contribution in [0.3, 0.4) is 0 Å². The van der Waals surface area contributed by atoms with Gasteiger partial charge in [-0.15, -0.1) is 0 Å². The van der Waals surface area contributed by atoms with Crippen LogP contribution in [-0.2, 0) is 23.1 Å². The van der Waals surface area contributed by atoms with Crippen LogP contribution in [-0.4, -0.2) is 39.4 Å². The zero-order valence-electron chi connectivity index (χ0n) is 20.8. The van der Waals surface area contributed by atoms with E-state index in [1.807, 2.05) is 30.3 Å². The highest BCUT2D eigenvalue weighted by Crippen LogP contribution is 2.65. The number of rotatable bonds is 15. The van der Waals surface area contributed by atoms with E-state index in [2.05, 4.69) is 6.07 Å². The maximum atomic E-state index is 14.6. The van der Waals surface area contributed by atoms with Crippen molar-refractivity contribution in [3.05, 3.63) is 35.9 Å². The van der Waals surface area contributed by atoms with Gasteiger partial charge in [-0.2, -0.15) is 14.0 Å². The SMILES string of the molecule is CC(C)OP(=O)(OC(C)C)C(F)(F)CCCCOC(=O)CCC(C)(C#N)SC(=S)c1ccccc1. The van der Waals surface area contributed by atoms with Crippen molar-refractivity contribution in [3.63, 3.8) is 0 Å². The van der Waals surface area contributed by atoms with Gasteiger partial charge in [0.1, 0.15) is 4.75 Å². The summed E-state index contributed by atoms with van der Waals surface area (Å²) in [6.07, 6.45) is -1.76. The normalized spacial score (nSPS) is 13.9. The van der Waals surface area contributed by atoms with Gasteiger partial charge in [0.05, 0.1) is 29.1 Å². The molecule has 0 aliphatic carbocycles. The topological polar surface area (TPSA) is 85.6 Å². The molecule has 1 unspecified atom stereocenters. The summed E-state index contributed by atoms with van der Waals surface area (Å²) in [7, 11) is -4.65. The van der Waals surface area contributed by atoms with E-state index in [9.17, 15) is 23.4 Å². The maximum absolute atomic E-state index is 14.6. The molecular weight excluding hydrogens is 515 g/mol. The fourth-order valence-electron chi connectivity index (χ4n) is 2.88. The highest BCUT2D eigenvalue weighted by molar-refractivity contribution is 8.24. The summed E-state index contributed by atoms with van der Waals surface area (Å²) in [4.78, 5) is 12.1. The van der Waals surface area contributed by atoms with Crippen molar-refractivity contribution in [2.45, 2.75) is 89.3 Å². The first-order valence-electron chi connectivity index (χ1n) is 11.4. The largest absolute Gasteiger partial charge is 0.466 e. The molecule has 0 aliphatic heterocycles. The number of thioether (sulfide) groups is 1. The van der Waals surface area contributed by atoms with Gasteiger partial charge in [-0.3, -0.25) is 9.36 Å². The van der Waals surface area contributed by atoms with Crippen LogP contribution in [0.15, 0.2) is 30.3 Å². The molecule has 6 nitrogen and oxygen atoms in total. The molecule has 1 aromatic rings. The predicted octanol–water partition coefficient (Wildman–Crippen LogP) is 7.51. The molecule has 0 fully saturated rings. The number of halogens is 2. The molecule has 1 rings (SSSR count). The lowest BCUT2D eigenvalue weighted by Gasteiger charge is -2.29. The molecule has 0 heterocycles. The number of alkyl halides is 2. The van der Waals surface area contributed by atoms with Crippen LogP contribution in [0, 0.1) is 11.3 Å². The van der Waals surface area contributed by atoms with Gasteiger partial charge in [0, 0.05) is 12.8 Å². The molecule has 0 saturated carbocycles. The van der Waals surface area contributed by atoms with Gasteiger partial charge in [-0.25, -0.2) is 0 Å². The molecule has 0 radical (unpaired) electrons. The summed E-state index contributed by atoms with van der Waals surface area (Å²) in [6, 6.07) is 11.5. The van der Waals surface area contributed by atoms with Crippen LogP contribution in [0.25, 0.3) is 0 Å². The number of carbonyl (C=O) groups is 1. The second kappa shape index (κ2) is 14.4. The summed E-state index contributed by atoms with van der Waals surface area (Å²) in [5, 5.41) is 9.59. The van der Waals surface area contributed by atoms with Gasteiger partial charge in [0.2, 0.25) is 0 Å². The first kappa shape index (κ1) is 31.7. The molecule has 11 heteroatoms. The van der Waals surface area contributed by atoms with Crippen molar-refractivity contribution in [3.8, 4) is 6.07 Å². The monoisotopic (exact) mass is 549 g/mol. The lowest BCUT2D eigenvalue weighted by Crippen LogP contribution is -2.24. The van der Waals surface area contributed by atoms with Crippen molar-refractivity contribution in [1.82, 2.24) is 0 Å². The minimum atomic E-state index is -4.65. The van der Waals surface area contributed by atoms with E-state index in [0.717, 1.165) is 5.56 Å². The Morgan fingerprint density at radius 1 is 1.11 bits per heavy atom. The van der Waals surface area contributed by atoms with Crippen molar-refractivity contribution in [2.75, 3.05) is 6.61 Å². The fraction of sp³-hybridized carbons (Fsp3) is 0.625. The Morgan fingerprint density at radius 2 is 1.69 bits per heavy atom. The minimum absolute atomic E-state index is 0.00964. The molecule has 0 amide bonds. The quantitative estimate of drug-likeness (QED) is 0.0962. The number of esters is 1. The number of ether oxygens (including phenoxy) is 1. The molecule has 0 saturated heterocycles. The van der Waals surface area contributed by atoms with Gasteiger partial charge in [-0.05, 0) is 59.4 Å². The molecule has 0 aliphatic rings. The number of hydrogen-bond donors (Lipinski definition) is 0. The summed E-state index contributed by atoms with van der Waals surface area (Å²) >= 11 is 6.63. The molecule has 0 aromatic heterocycles. The third-order valence-corrected chi connectivity index (χ3v) is 8.68. The van der Waals surface area contributed by atoms with Crippen LogP contribution in [0.1, 0.15) is 72.3 Å². The average molecular weight is 550 g/mol. The number of nitrogens with zero attached hydrogens (tertiary/aromatic N) is 1. The van der Waals surface area contributed by atoms with E-state index in [-0.39, 0.29) is 32.3 Å². The molecule has 0 N–H and O–H groups in total. The number of carbonyl (C=O) groups excluding carboxylic acids is 1. The Bertz CT molecular complexity index is 910. The Balaban J connectivity index is 2.47. The molecule has 1 aromatic carbocycles. The second-order valence-corrected chi connectivity index (χ2v) is 13.0. The lowest BCUT2D eigenvalue weighted by atomic mass is 10.1. The van der Waals surface area contributed by atoms with E-state index in [0.29, 0.717) is 4.20 Å². The summed E-state index contributed by atoms with van der Waals surface area (Å²) in [5.41, 5.74) is -2.83. The fourth-order valence-corrected chi connectivity index (χ4v) is 6.38. The lowest BCUT2D eigenvalue weighted by molar-refractivity contribution is -0.144. The summed E-state index contributed by atoms with van der Waals surface area (Å²) in [6.45, 7) is 7.69. The zero-order chi connectivity index (χ0) is 26.7. The standard InChI is InChI=1S/C24H34F2NO5PS2/c1-18(2)31-33(29,32-19(3)4)24(25,26)14-9-10-16-30-21(28)13-15-23(5,17-27)35-22(34)20-11-7-6-8-12-20/h6-8,11-12,18-19H,9-10,13-16H2,1-5H3. The van der Waals surface area contributed by atoms with E-state index in [1.165, 1.54) is 39.5 Å². The number of hydrogen-bond acceptors (Lipinski definition) is 8. The van der Waals surface area contributed by atoms with Gasteiger partial charge in [-0.1, -0.05) is 54.3 Å². The molecule has 0 bridgehead atoms. The number of thiocarbonyl (C=S) groups is 1. The second-order valence-electron chi connectivity index (χ2n) is 8.75. The minimum Gasteiger partial charge on any atom is -0.466 e. The van der Waals surface area contributed by atoms with E-state index in [1.54, 1.807) is 6.92 Å². The maximum Gasteiger partial charge on any atom is 0.400 e. The van der Waals surface area contributed by atoms with Crippen LogP contribution in [0.4, 0.5) is 8.78 Å². The van der Waals surface area contributed by atoms with Crippen molar-refractivity contribution in [1.29, 1.82) is 5.26 Å². The van der Waals surface area contributed by atoms with E-state index >= 15 is 0 Å². The van der Waals surface area contributed by atoms with Crippen molar-refractivity contribution in [2.24, 2.45) is 0 Å². The van der Waals surface area contributed by atoms with Gasteiger partial charge in [0.25, 0.3) is 0 Å². The Kier molecular flexibility index (Phi) is 13.0. The molecule has 1 atom stereocenters. The summed E-state index contributed by atoms with van der Waals surface area (Å²) < 4.78 is 56.7. The van der Waals surface area contributed by atoms with E-state index < -0.39 is 42.6 Å². The van der Waals surface area contributed by atoms with Crippen molar-refractivity contribution >= 4 is 41.7 Å². The van der Waals surface area contributed by atoms with Crippen LogP contribution in [0.5, 0.6) is 0 Å².